The Labute approximate surface area is 103 Å². The number of nitrogens with zero attached hydrogens (tertiary/aromatic N) is 2. The van der Waals surface area contributed by atoms with Crippen LogP contribution in [0.1, 0.15) is 40.0 Å². The minimum Gasteiger partial charge on any atom is -0.443 e. The molecule has 0 spiro atoms. The average Bonchev–Trinajstić information content (AvgIpc) is 2.26. The fourth-order valence-electron chi connectivity index (χ4n) is 2.33. The Morgan fingerprint density at radius 3 is 2.76 bits per heavy atom. The molecule has 4 heteroatoms. The van der Waals surface area contributed by atoms with Gasteiger partial charge in [-0.25, -0.2) is 4.79 Å². The minimum atomic E-state index is -0.422. The highest BCUT2D eigenvalue weighted by molar-refractivity contribution is 5.69. The van der Waals surface area contributed by atoms with Gasteiger partial charge in [-0.15, -0.1) is 0 Å². The molecule has 2 aliphatic rings. The molecule has 0 aliphatic carbocycles. The van der Waals surface area contributed by atoms with Crippen molar-refractivity contribution in [1.82, 2.24) is 9.80 Å². The van der Waals surface area contributed by atoms with E-state index in [0.29, 0.717) is 6.04 Å². The zero-order valence-corrected chi connectivity index (χ0v) is 11.0. The molecule has 2 rings (SSSR count). The second-order valence-corrected chi connectivity index (χ2v) is 5.82. The summed E-state index contributed by atoms with van der Waals surface area (Å²) in [6.07, 6.45) is 7.32. The van der Waals surface area contributed by atoms with E-state index in [2.05, 4.69) is 4.90 Å². The van der Waals surface area contributed by atoms with Crippen molar-refractivity contribution in [2.24, 2.45) is 0 Å². The molecule has 1 atom stereocenters. The van der Waals surface area contributed by atoms with Crippen LogP contribution in [0.25, 0.3) is 0 Å². The predicted octanol–water partition coefficient (Wildman–Crippen LogP) is 2.56. The van der Waals surface area contributed by atoms with E-state index in [-0.39, 0.29) is 6.09 Å². The molecule has 96 valence electrons. The van der Waals surface area contributed by atoms with Crippen LogP contribution in [0.3, 0.4) is 0 Å². The first-order valence-electron chi connectivity index (χ1n) is 6.39. The molecule has 0 bridgehead atoms. The van der Waals surface area contributed by atoms with Crippen LogP contribution in [0, 0.1) is 0 Å². The highest BCUT2D eigenvalue weighted by atomic mass is 16.6. The van der Waals surface area contributed by atoms with Crippen LogP contribution < -0.4 is 0 Å². The number of carbonyl (C=O) groups is 1. The largest absolute Gasteiger partial charge is 0.443 e. The van der Waals surface area contributed by atoms with Crippen molar-refractivity contribution in [1.29, 1.82) is 0 Å². The molecule has 0 aromatic rings. The average molecular weight is 238 g/mol. The first kappa shape index (κ1) is 12.3. The van der Waals surface area contributed by atoms with Crippen molar-refractivity contribution in [3.05, 3.63) is 12.4 Å². The van der Waals surface area contributed by atoms with Crippen molar-refractivity contribution in [3.8, 4) is 0 Å². The van der Waals surface area contributed by atoms with Gasteiger partial charge in [0.05, 0.1) is 0 Å². The van der Waals surface area contributed by atoms with Crippen LogP contribution in [0.5, 0.6) is 0 Å². The number of rotatable bonds is 0. The molecule has 1 saturated heterocycles. The third-order valence-electron chi connectivity index (χ3n) is 3.15. The second kappa shape index (κ2) is 4.59. The van der Waals surface area contributed by atoms with Gasteiger partial charge in [0.25, 0.3) is 0 Å². The molecule has 2 aliphatic heterocycles. The summed E-state index contributed by atoms with van der Waals surface area (Å²) in [5.74, 6) is 0. The standard InChI is InChI=1S/C13H22N2O2/c1-13(2,3)17-12(16)15-9-8-14-7-5-4-6-11(14)10-15/h8-9,11H,4-7,10H2,1-3H3. The third kappa shape index (κ3) is 3.14. The fraction of sp³-hybridized carbons (Fsp3) is 0.769. The smallest absolute Gasteiger partial charge is 0.414 e. The maximum atomic E-state index is 11.9. The van der Waals surface area contributed by atoms with Gasteiger partial charge in [0.2, 0.25) is 0 Å². The number of ether oxygens (including phenoxy) is 1. The van der Waals surface area contributed by atoms with E-state index in [4.69, 9.17) is 4.74 Å². The van der Waals surface area contributed by atoms with E-state index in [1.54, 1.807) is 4.90 Å². The summed E-state index contributed by atoms with van der Waals surface area (Å²) in [5.41, 5.74) is -0.422. The van der Waals surface area contributed by atoms with Crippen LogP contribution >= 0.6 is 0 Å². The monoisotopic (exact) mass is 238 g/mol. The van der Waals surface area contributed by atoms with E-state index < -0.39 is 5.60 Å². The maximum Gasteiger partial charge on any atom is 0.414 e. The molecule has 2 heterocycles. The summed E-state index contributed by atoms with van der Waals surface area (Å²) in [6.45, 7) is 7.55. The Morgan fingerprint density at radius 2 is 2.06 bits per heavy atom. The molecule has 4 nitrogen and oxygen atoms in total. The first-order valence-corrected chi connectivity index (χ1v) is 6.39. The van der Waals surface area contributed by atoms with E-state index in [9.17, 15) is 4.79 Å². The number of amides is 1. The van der Waals surface area contributed by atoms with Crippen LogP contribution in [0.15, 0.2) is 12.4 Å². The summed E-state index contributed by atoms with van der Waals surface area (Å²) in [6, 6.07) is 0.473. The molecular formula is C13H22N2O2. The molecule has 1 amide bonds. The van der Waals surface area contributed by atoms with Crippen molar-refractivity contribution >= 4 is 6.09 Å². The molecule has 0 aromatic carbocycles. The normalized spacial score (nSPS) is 24.5. The van der Waals surface area contributed by atoms with Gasteiger partial charge < -0.3 is 9.64 Å². The number of piperidine rings is 1. The van der Waals surface area contributed by atoms with Crippen LogP contribution in [0.4, 0.5) is 4.79 Å². The Morgan fingerprint density at radius 1 is 1.29 bits per heavy atom. The van der Waals surface area contributed by atoms with E-state index >= 15 is 0 Å². The van der Waals surface area contributed by atoms with Crippen molar-refractivity contribution in [2.75, 3.05) is 13.1 Å². The lowest BCUT2D eigenvalue weighted by molar-refractivity contribution is 0.0249. The molecule has 0 N–H and O–H groups in total. The SMILES string of the molecule is CC(C)(C)OC(=O)N1C=CN2CCCCC2C1. The van der Waals surface area contributed by atoms with Gasteiger partial charge in [-0.2, -0.15) is 0 Å². The molecule has 17 heavy (non-hydrogen) atoms. The highest BCUT2D eigenvalue weighted by Crippen LogP contribution is 2.22. The molecule has 0 radical (unpaired) electrons. The summed E-state index contributed by atoms with van der Waals surface area (Å²) in [4.78, 5) is 16.0. The quantitative estimate of drug-likeness (QED) is 0.650. The van der Waals surface area contributed by atoms with E-state index in [1.165, 1.54) is 19.3 Å². The van der Waals surface area contributed by atoms with E-state index in [1.807, 2.05) is 33.2 Å². The Balaban J connectivity index is 1.97. The van der Waals surface area contributed by atoms with Gasteiger partial charge >= 0.3 is 6.09 Å². The summed E-state index contributed by atoms with van der Waals surface area (Å²) < 4.78 is 5.37. The zero-order chi connectivity index (χ0) is 12.5. The summed E-state index contributed by atoms with van der Waals surface area (Å²) in [7, 11) is 0. The van der Waals surface area contributed by atoms with Crippen LogP contribution in [-0.4, -0.2) is 40.6 Å². The zero-order valence-electron chi connectivity index (χ0n) is 11.0. The number of carbonyl (C=O) groups excluding carboxylic acids is 1. The number of hydrogen-bond acceptors (Lipinski definition) is 3. The molecule has 1 fully saturated rings. The Kier molecular flexibility index (Phi) is 3.31. The fourth-order valence-corrected chi connectivity index (χ4v) is 2.33. The van der Waals surface area contributed by atoms with Gasteiger partial charge in [0, 0.05) is 31.5 Å². The van der Waals surface area contributed by atoms with Gasteiger partial charge in [-0.1, -0.05) is 0 Å². The van der Waals surface area contributed by atoms with Gasteiger partial charge in [0.15, 0.2) is 0 Å². The second-order valence-electron chi connectivity index (χ2n) is 5.82. The van der Waals surface area contributed by atoms with Crippen molar-refractivity contribution < 1.29 is 9.53 Å². The maximum absolute atomic E-state index is 11.9. The van der Waals surface area contributed by atoms with Crippen LogP contribution in [0.2, 0.25) is 0 Å². The number of fused-ring (bicyclic) bond motifs is 1. The lowest BCUT2D eigenvalue weighted by atomic mass is 10.0. The summed E-state index contributed by atoms with van der Waals surface area (Å²) in [5, 5.41) is 0. The molecule has 0 aromatic heterocycles. The third-order valence-corrected chi connectivity index (χ3v) is 3.15. The lowest BCUT2D eigenvalue weighted by Gasteiger charge is -2.41. The topological polar surface area (TPSA) is 32.8 Å². The Bertz CT molecular complexity index is 320. The van der Waals surface area contributed by atoms with Gasteiger partial charge in [0.1, 0.15) is 5.60 Å². The first-order chi connectivity index (χ1) is 7.96. The summed E-state index contributed by atoms with van der Waals surface area (Å²) >= 11 is 0. The molecule has 0 saturated carbocycles. The lowest BCUT2D eigenvalue weighted by Crippen LogP contribution is -2.48. The highest BCUT2D eigenvalue weighted by Gasteiger charge is 2.29. The van der Waals surface area contributed by atoms with Crippen molar-refractivity contribution in [3.63, 3.8) is 0 Å². The molecular weight excluding hydrogens is 216 g/mol. The number of hydrogen-bond donors (Lipinski definition) is 0. The van der Waals surface area contributed by atoms with E-state index in [0.717, 1.165) is 13.1 Å². The van der Waals surface area contributed by atoms with Gasteiger partial charge in [-0.05, 0) is 40.0 Å². The van der Waals surface area contributed by atoms with Gasteiger partial charge in [-0.3, -0.25) is 4.90 Å². The van der Waals surface area contributed by atoms with Crippen molar-refractivity contribution in [2.45, 2.75) is 51.7 Å². The predicted molar refractivity (Wildman–Crippen MR) is 66.4 cm³/mol. The molecule has 1 unspecified atom stereocenters. The Hall–Kier alpha value is -1.19. The minimum absolute atomic E-state index is 0.237. The van der Waals surface area contributed by atoms with Crippen LogP contribution in [-0.2, 0) is 4.74 Å².